The number of rotatable bonds is 3. The van der Waals surface area contributed by atoms with Crippen LogP contribution in [0.25, 0.3) is 0 Å². The van der Waals surface area contributed by atoms with Gasteiger partial charge in [0, 0.05) is 5.57 Å². The molecule has 0 saturated heterocycles. The van der Waals surface area contributed by atoms with E-state index in [1.807, 2.05) is 6.92 Å². The van der Waals surface area contributed by atoms with Crippen molar-refractivity contribution >= 4 is 5.91 Å². The van der Waals surface area contributed by atoms with E-state index in [1.54, 1.807) is 6.08 Å². The molecule has 58 valence electrons. The van der Waals surface area contributed by atoms with Gasteiger partial charge in [-0.3, -0.25) is 4.79 Å². The van der Waals surface area contributed by atoms with Gasteiger partial charge in [0.2, 0.25) is 5.91 Å². The second-order valence-corrected chi connectivity index (χ2v) is 2.78. The second kappa shape index (κ2) is 4.09. The van der Waals surface area contributed by atoms with E-state index < -0.39 is 0 Å². The summed E-state index contributed by atoms with van der Waals surface area (Å²) in [6.07, 6.45) is 2.56. The third-order valence-electron chi connectivity index (χ3n) is 1.29. The maximum Gasteiger partial charge on any atom is 0.244 e. The van der Waals surface area contributed by atoms with Crippen molar-refractivity contribution in [1.29, 1.82) is 0 Å². The van der Waals surface area contributed by atoms with Crippen LogP contribution in [0.5, 0.6) is 0 Å². The lowest BCUT2D eigenvalue weighted by Crippen LogP contribution is -2.15. The Balaban J connectivity index is 3.99. The van der Waals surface area contributed by atoms with Gasteiger partial charge in [-0.15, -0.1) is 0 Å². The first-order valence-corrected chi connectivity index (χ1v) is 3.53. The van der Waals surface area contributed by atoms with Crippen LogP contribution < -0.4 is 5.73 Å². The fraction of sp³-hybridized carbons (Fsp3) is 0.625. The van der Waals surface area contributed by atoms with Crippen molar-refractivity contribution < 1.29 is 4.79 Å². The maximum atomic E-state index is 10.6. The van der Waals surface area contributed by atoms with Gasteiger partial charge in [0.25, 0.3) is 0 Å². The Morgan fingerprint density at radius 3 is 2.20 bits per heavy atom. The van der Waals surface area contributed by atoms with Crippen LogP contribution in [-0.2, 0) is 4.79 Å². The summed E-state index contributed by atoms with van der Waals surface area (Å²) >= 11 is 0. The minimum absolute atomic E-state index is 0.295. The number of hydrogen-bond donors (Lipinski definition) is 1. The fourth-order valence-electron chi connectivity index (χ4n) is 0.801. The molecule has 0 aliphatic heterocycles. The highest BCUT2D eigenvalue weighted by Gasteiger charge is 2.04. The first kappa shape index (κ1) is 9.21. The summed E-state index contributed by atoms with van der Waals surface area (Å²) in [6, 6.07) is 0. The minimum atomic E-state index is -0.295. The van der Waals surface area contributed by atoms with Gasteiger partial charge in [0.15, 0.2) is 0 Å². The molecule has 2 heteroatoms. The highest BCUT2D eigenvalue weighted by atomic mass is 16.1. The lowest BCUT2D eigenvalue weighted by molar-refractivity contribution is -0.114. The van der Waals surface area contributed by atoms with Crippen LogP contribution in [0, 0.1) is 5.92 Å². The molecular weight excluding hydrogens is 126 g/mol. The smallest absolute Gasteiger partial charge is 0.244 e. The number of hydrogen-bond acceptors (Lipinski definition) is 1. The molecule has 0 aromatic rings. The van der Waals surface area contributed by atoms with Gasteiger partial charge in [0.1, 0.15) is 0 Å². The average Bonchev–Trinajstić information content (AvgIpc) is 1.81. The van der Waals surface area contributed by atoms with Gasteiger partial charge < -0.3 is 5.73 Å². The monoisotopic (exact) mass is 141 g/mol. The number of amides is 1. The Bertz CT molecular complexity index is 147. The predicted octanol–water partition coefficient (Wildman–Crippen LogP) is 1.46. The van der Waals surface area contributed by atoms with Crippen LogP contribution in [0.1, 0.15) is 27.2 Å². The third-order valence-corrected chi connectivity index (χ3v) is 1.29. The molecule has 10 heavy (non-hydrogen) atoms. The predicted molar refractivity (Wildman–Crippen MR) is 42.4 cm³/mol. The average molecular weight is 141 g/mol. The number of carbonyl (C=O) groups is 1. The number of allylic oxidation sites excluding steroid dienone is 1. The summed E-state index contributed by atoms with van der Waals surface area (Å²) in [5, 5.41) is 0. The minimum Gasteiger partial charge on any atom is -0.366 e. The zero-order valence-electron chi connectivity index (χ0n) is 6.85. The highest BCUT2D eigenvalue weighted by Crippen LogP contribution is 2.09. The molecule has 0 unspecified atom stereocenters. The van der Waals surface area contributed by atoms with E-state index >= 15 is 0 Å². The number of nitrogens with two attached hydrogens (primary N) is 1. The standard InChI is InChI=1S/C8H15NO/c1-4-7(8(9)10)5-6(2)3/h4,6H,5H2,1-3H3,(H2,9,10)/b7-4-. The Kier molecular flexibility index (Phi) is 3.77. The summed E-state index contributed by atoms with van der Waals surface area (Å²) in [7, 11) is 0. The third kappa shape index (κ3) is 3.28. The van der Waals surface area contributed by atoms with E-state index in [0.29, 0.717) is 5.92 Å². The summed E-state index contributed by atoms with van der Waals surface area (Å²) < 4.78 is 0. The van der Waals surface area contributed by atoms with Crippen LogP contribution in [0.3, 0.4) is 0 Å². The summed E-state index contributed by atoms with van der Waals surface area (Å²) in [4.78, 5) is 10.6. The molecule has 0 saturated carbocycles. The van der Waals surface area contributed by atoms with Gasteiger partial charge in [0.05, 0.1) is 0 Å². The van der Waals surface area contributed by atoms with Crippen molar-refractivity contribution in [2.45, 2.75) is 27.2 Å². The molecule has 0 spiro atoms. The largest absolute Gasteiger partial charge is 0.366 e. The van der Waals surface area contributed by atoms with Crippen molar-refractivity contribution in [1.82, 2.24) is 0 Å². The molecule has 0 rings (SSSR count). The lowest BCUT2D eigenvalue weighted by Gasteiger charge is -2.04. The van der Waals surface area contributed by atoms with Crippen LogP contribution in [0.15, 0.2) is 11.6 Å². The Morgan fingerprint density at radius 1 is 1.60 bits per heavy atom. The molecule has 2 N–H and O–H groups in total. The van der Waals surface area contributed by atoms with Crippen molar-refractivity contribution in [3.63, 3.8) is 0 Å². The van der Waals surface area contributed by atoms with Crippen LogP contribution in [-0.4, -0.2) is 5.91 Å². The van der Waals surface area contributed by atoms with Gasteiger partial charge in [-0.2, -0.15) is 0 Å². The van der Waals surface area contributed by atoms with Crippen molar-refractivity contribution in [3.05, 3.63) is 11.6 Å². The van der Waals surface area contributed by atoms with E-state index in [1.165, 1.54) is 0 Å². The first-order chi connectivity index (χ1) is 4.57. The highest BCUT2D eigenvalue weighted by molar-refractivity contribution is 5.91. The van der Waals surface area contributed by atoms with Gasteiger partial charge in [-0.05, 0) is 19.3 Å². The normalized spacial score (nSPS) is 12.2. The first-order valence-electron chi connectivity index (χ1n) is 3.53. The molecule has 0 aromatic carbocycles. The van der Waals surface area contributed by atoms with Crippen molar-refractivity contribution in [2.75, 3.05) is 0 Å². The number of carbonyl (C=O) groups excluding carboxylic acids is 1. The van der Waals surface area contributed by atoms with Crippen LogP contribution in [0.2, 0.25) is 0 Å². The maximum absolute atomic E-state index is 10.6. The topological polar surface area (TPSA) is 43.1 Å². The molecule has 2 nitrogen and oxygen atoms in total. The molecule has 0 heterocycles. The molecule has 0 fully saturated rings. The Hall–Kier alpha value is -0.790. The second-order valence-electron chi connectivity index (χ2n) is 2.78. The Labute approximate surface area is 62.1 Å². The number of primary amides is 1. The molecule has 0 bridgehead atoms. The zero-order chi connectivity index (χ0) is 8.15. The van der Waals surface area contributed by atoms with Gasteiger partial charge in [-0.25, -0.2) is 0 Å². The molecule has 0 atom stereocenters. The van der Waals surface area contributed by atoms with E-state index in [0.717, 1.165) is 12.0 Å². The van der Waals surface area contributed by atoms with Gasteiger partial charge >= 0.3 is 0 Å². The molecule has 1 amide bonds. The van der Waals surface area contributed by atoms with E-state index in [-0.39, 0.29) is 5.91 Å². The summed E-state index contributed by atoms with van der Waals surface area (Å²) in [6.45, 7) is 5.96. The van der Waals surface area contributed by atoms with E-state index in [2.05, 4.69) is 13.8 Å². The molecule has 0 aliphatic rings. The van der Waals surface area contributed by atoms with E-state index in [9.17, 15) is 4.79 Å². The molecule has 0 aliphatic carbocycles. The quantitative estimate of drug-likeness (QED) is 0.594. The summed E-state index contributed by atoms with van der Waals surface area (Å²) in [5.41, 5.74) is 5.82. The van der Waals surface area contributed by atoms with Crippen molar-refractivity contribution in [2.24, 2.45) is 11.7 Å². The van der Waals surface area contributed by atoms with Gasteiger partial charge in [-0.1, -0.05) is 19.9 Å². The van der Waals surface area contributed by atoms with E-state index in [4.69, 9.17) is 5.73 Å². The fourth-order valence-corrected chi connectivity index (χ4v) is 0.801. The lowest BCUT2D eigenvalue weighted by atomic mass is 10.0. The molecule has 0 aromatic heterocycles. The Morgan fingerprint density at radius 2 is 2.10 bits per heavy atom. The molecular formula is C8H15NO. The SMILES string of the molecule is C/C=C(/CC(C)C)C(N)=O. The summed E-state index contributed by atoms with van der Waals surface area (Å²) in [5.74, 6) is 0.204. The van der Waals surface area contributed by atoms with Crippen LogP contribution in [0.4, 0.5) is 0 Å². The zero-order valence-corrected chi connectivity index (χ0v) is 6.85. The van der Waals surface area contributed by atoms with Crippen LogP contribution >= 0.6 is 0 Å². The van der Waals surface area contributed by atoms with Crippen molar-refractivity contribution in [3.8, 4) is 0 Å². The molecule has 0 radical (unpaired) electrons.